The number of nitrogens with two attached hydrogens (primary N) is 2. The first-order valence-corrected chi connectivity index (χ1v) is 27.0. The summed E-state index contributed by atoms with van der Waals surface area (Å²) in [5.41, 5.74) is 15.8. The van der Waals surface area contributed by atoms with Crippen LogP contribution in [0.5, 0.6) is 0 Å². The highest BCUT2D eigenvalue weighted by Gasteiger charge is 2.28. The molecule has 1 amide bonds. The number of pyridine rings is 3. The van der Waals surface area contributed by atoms with Crippen molar-refractivity contribution in [3.63, 3.8) is 0 Å². The van der Waals surface area contributed by atoms with E-state index in [1.54, 1.807) is 84.2 Å². The number of halogens is 2. The second-order valence-electron chi connectivity index (χ2n) is 21.0. The summed E-state index contributed by atoms with van der Waals surface area (Å²) in [7, 11) is 0. The maximum Gasteiger partial charge on any atom is 0.328 e. The standard InChI is InChI=1S/C31H29FN6O3.C31H29FN6O2/c1-18-14-27(38(36-18)23-7-5-20-10-12-34-30(33)24(20)17-23)28(39)16-22-15-21(6-8-25(22)32)26(9-4-19-2-3-19)37-13-11-29(40)35-31(37)41;1-19-16-28(38(36-19)23-10-8-21-13-14-34-30(33)24(21)18-23)31(40)35-26-17-22(9-11-25(26)32)27(12-7-20-5-6-20)37-15-3-2-4-29(37)39/h5-8,10-15,17,19,26H,2-4,9,16H2,1H3,(H2,33,34)(H,35,40,41);2-4,8-11,13-18,20,27H,5-7,12H2,1H3,(H2,33,34)(H,35,40). The Balaban J connectivity index is 0.000000170. The number of nitrogen functional groups attached to an aromatic ring is 2. The van der Waals surface area contributed by atoms with Crippen molar-refractivity contribution in [1.82, 2.24) is 43.6 Å². The lowest BCUT2D eigenvalue weighted by atomic mass is 9.96. The molecule has 10 aromatic rings. The van der Waals surface area contributed by atoms with Crippen molar-refractivity contribution < 1.29 is 18.4 Å². The van der Waals surface area contributed by atoms with Crippen molar-refractivity contribution in [3.8, 4) is 11.4 Å². The minimum absolute atomic E-state index is 0.0419. The van der Waals surface area contributed by atoms with E-state index in [1.165, 1.54) is 52.6 Å². The average Bonchev–Trinajstić information content (AvgIpc) is 4.58. The van der Waals surface area contributed by atoms with Crippen molar-refractivity contribution in [2.75, 3.05) is 16.8 Å². The van der Waals surface area contributed by atoms with E-state index < -0.39 is 34.8 Å². The lowest BCUT2D eigenvalue weighted by Crippen LogP contribution is -2.32. The minimum atomic E-state index is -0.564. The van der Waals surface area contributed by atoms with Gasteiger partial charge < -0.3 is 21.4 Å². The van der Waals surface area contributed by atoms with Crippen LogP contribution in [0.1, 0.15) is 113 Å². The van der Waals surface area contributed by atoms with Crippen LogP contribution in [0.3, 0.4) is 0 Å². The molecule has 2 saturated carbocycles. The molecule has 2 unspecified atom stereocenters. The number of nitrogens with one attached hydrogen (secondary N) is 2. The van der Waals surface area contributed by atoms with Crippen LogP contribution in [0.4, 0.5) is 26.1 Å². The molecule has 0 saturated heterocycles. The number of benzene rings is 4. The van der Waals surface area contributed by atoms with Gasteiger partial charge in [0.25, 0.3) is 17.0 Å². The number of aryl methyl sites for hydroxylation is 2. The Labute approximate surface area is 462 Å². The van der Waals surface area contributed by atoms with Crippen LogP contribution in [0.2, 0.25) is 0 Å². The lowest BCUT2D eigenvalue weighted by Gasteiger charge is -2.21. The molecule has 4 aromatic carbocycles. The number of nitrogens with zero attached hydrogens (tertiary/aromatic N) is 8. The highest BCUT2D eigenvalue weighted by Crippen LogP contribution is 2.39. The molecule has 17 nitrogen and oxygen atoms in total. The number of carbonyl (C=O) groups is 2. The van der Waals surface area contributed by atoms with Crippen molar-refractivity contribution in [2.45, 2.75) is 83.7 Å². The van der Waals surface area contributed by atoms with E-state index in [0.717, 1.165) is 59.2 Å². The van der Waals surface area contributed by atoms with Gasteiger partial charge >= 0.3 is 5.69 Å². The van der Waals surface area contributed by atoms with Crippen molar-refractivity contribution in [1.29, 1.82) is 0 Å². The summed E-state index contributed by atoms with van der Waals surface area (Å²) in [6, 6.07) is 33.1. The molecular weight excluding hydrogens is 1030 g/mol. The Bertz CT molecular complexity index is 4230. The molecule has 6 heterocycles. The van der Waals surface area contributed by atoms with Gasteiger partial charge in [-0.05, 0) is 152 Å². The first kappa shape index (κ1) is 53.4. The molecule has 12 rings (SSSR count). The number of aromatic amines is 1. The fraction of sp³-hybridized carbons (Fsp3) is 0.242. The van der Waals surface area contributed by atoms with Crippen LogP contribution in [-0.2, 0) is 6.42 Å². The third-order valence-corrected chi connectivity index (χ3v) is 15.1. The van der Waals surface area contributed by atoms with Gasteiger partial charge in [0.1, 0.15) is 34.7 Å². The van der Waals surface area contributed by atoms with Gasteiger partial charge in [0.05, 0.1) is 40.5 Å². The predicted octanol–water partition coefficient (Wildman–Crippen LogP) is 10.1. The number of rotatable bonds is 17. The normalized spacial score (nSPS) is 13.9. The molecule has 6 N–H and O–H groups in total. The monoisotopic (exact) mass is 1090 g/mol. The molecule has 2 atom stereocenters. The third kappa shape index (κ3) is 11.9. The summed E-state index contributed by atoms with van der Waals surface area (Å²) in [5, 5.41) is 15.1. The van der Waals surface area contributed by atoms with Gasteiger partial charge in [0, 0.05) is 54.1 Å². The summed E-state index contributed by atoms with van der Waals surface area (Å²) < 4.78 is 36.4. The summed E-state index contributed by atoms with van der Waals surface area (Å²) in [5.74, 6) is 0.141. The summed E-state index contributed by atoms with van der Waals surface area (Å²) >= 11 is 0. The van der Waals surface area contributed by atoms with E-state index in [4.69, 9.17) is 11.5 Å². The molecule has 0 spiro atoms. The second-order valence-corrected chi connectivity index (χ2v) is 21.0. The van der Waals surface area contributed by atoms with Crippen molar-refractivity contribution in [2.24, 2.45) is 11.8 Å². The second kappa shape index (κ2) is 22.6. The number of hydrogen-bond acceptors (Lipinski definition) is 11. The quantitative estimate of drug-likeness (QED) is 0.0626. The smallest absolute Gasteiger partial charge is 0.328 e. The van der Waals surface area contributed by atoms with E-state index in [9.17, 15) is 24.0 Å². The van der Waals surface area contributed by atoms with Crippen LogP contribution in [0.15, 0.2) is 160 Å². The van der Waals surface area contributed by atoms with Gasteiger partial charge in [0.15, 0.2) is 5.78 Å². The number of H-pyrrole nitrogens is 1. The van der Waals surface area contributed by atoms with Crippen molar-refractivity contribution >= 4 is 50.6 Å². The van der Waals surface area contributed by atoms with Gasteiger partial charge in [0.2, 0.25) is 0 Å². The Kier molecular flexibility index (Phi) is 14.9. The van der Waals surface area contributed by atoms with E-state index in [0.29, 0.717) is 63.9 Å². The molecule has 2 aliphatic rings. The molecule has 81 heavy (non-hydrogen) atoms. The zero-order chi connectivity index (χ0) is 56.5. The molecular formula is C62H58F2N12O5. The molecule has 0 bridgehead atoms. The summed E-state index contributed by atoms with van der Waals surface area (Å²) in [6.07, 6.45) is 14.3. The zero-order valence-electron chi connectivity index (χ0n) is 44.6. The fourth-order valence-corrected chi connectivity index (χ4v) is 10.5. The lowest BCUT2D eigenvalue weighted by molar-refractivity contribution is 0.0982. The van der Waals surface area contributed by atoms with E-state index in [2.05, 4.69) is 30.5 Å². The van der Waals surface area contributed by atoms with Crippen LogP contribution in [0.25, 0.3) is 32.9 Å². The minimum Gasteiger partial charge on any atom is -0.383 e. The maximum absolute atomic E-state index is 15.1. The van der Waals surface area contributed by atoms with Crippen LogP contribution in [-0.4, -0.2) is 55.3 Å². The third-order valence-electron chi connectivity index (χ3n) is 15.1. The number of amides is 1. The van der Waals surface area contributed by atoms with Gasteiger partial charge in [-0.15, -0.1) is 0 Å². The SMILES string of the molecule is Cc1cc(C(=O)Cc2cc(C(CCC3CC3)n3ccc(=O)[nH]c3=O)ccc2F)n(-c2ccc3ccnc(N)c3c2)n1.Cc1cc(C(=O)Nc2cc(C(CCC3CC3)n3ccccc3=O)ccc2F)n(-c2ccc3ccnc(N)c3c2)n1. The molecule has 0 radical (unpaired) electrons. The zero-order valence-corrected chi connectivity index (χ0v) is 44.6. The number of carbonyl (C=O) groups excluding carboxylic acids is 2. The molecule has 6 aromatic heterocycles. The Hall–Kier alpha value is -9.65. The highest BCUT2D eigenvalue weighted by molar-refractivity contribution is 6.04. The fourth-order valence-electron chi connectivity index (χ4n) is 10.5. The number of ketones is 1. The van der Waals surface area contributed by atoms with E-state index in [1.807, 2.05) is 54.6 Å². The van der Waals surface area contributed by atoms with E-state index >= 15 is 8.78 Å². The molecule has 19 heteroatoms. The number of anilines is 3. The van der Waals surface area contributed by atoms with Gasteiger partial charge in [-0.25, -0.2) is 32.9 Å². The average molecular weight is 1090 g/mol. The van der Waals surface area contributed by atoms with Gasteiger partial charge in [-0.2, -0.15) is 10.2 Å². The first-order chi connectivity index (χ1) is 39.1. The van der Waals surface area contributed by atoms with E-state index in [-0.39, 0.29) is 40.7 Å². The van der Waals surface area contributed by atoms with Crippen molar-refractivity contribution in [3.05, 3.63) is 228 Å². The number of fused-ring (bicyclic) bond motifs is 2. The predicted molar refractivity (Wildman–Crippen MR) is 307 cm³/mol. The van der Waals surface area contributed by atoms with Gasteiger partial charge in [-0.1, -0.05) is 62.1 Å². The van der Waals surface area contributed by atoms with Crippen LogP contribution in [0, 0.1) is 37.3 Å². The Morgan fingerprint density at radius 2 is 1.21 bits per heavy atom. The Morgan fingerprint density at radius 1 is 0.642 bits per heavy atom. The molecule has 410 valence electrons. The summed E-state index contributed by atoms with van der Waals surface area (Å²) in [4.78, 5) is 74.8. The van der Waals surface area contributed by atoms with Crippen LogP contribution >= 0.6 is 0 Å². The molecule has 2 fully saturated rings. The number of Topliss-reactive ketones (excluding diaryl/α,β-unsaturated/α-hetero) is 1. The maximum atomic E-state index is 15.1. The number of aromatic nitrogens is 9. The highest BCUT2D eigenvalue weighted by atomic mass is 19.1. The molecule has 0 aliphatic heterocycles. The Morgan fingerprint density at radius 3 is 1.80 bits per heavy atom. The summed E-state index contributed by atoms with van der Waals surface area (Å²) in [6.45, 7) is 3.57. The number of hydrogen-bond donors (Lipinski definition) is 4. The molecule has 2 aliphatic carbocycles. The topological polar surface area (TPSA) is 236 Å². The largest absolute Gasteiger partial charge is 0.383 e. The van der Waals surface area contributed by atoms with Crippen LogP contribution < -0.4 is 33.6 Å². The van der Waals surface area contributed by atoms with Gasteiger partial charge in [-0.3, -0.25) is 28.7 Å². The first-order valence-electron chi connectivity index (χ1n) is 27.0.